The van der Waals surface area contributed by atoms with Crippen molar-refractivity contribution in [3.05, 3.63) is 11.4 Å². The summed E-state index contributed by atoms with van der Waals surface area (Å²) >= 11 is 0. The largest absolute Gasteiger partial charge is 0.468 e. The Bertz CT molecular complexity index is 522. The molecule has 0 aliphatic rings. The van der Waals surface area contributed by atoms with Crippen LogP contribution in [0.1, 0.15) is 23.1 Å². The highest BCUT2D eigenvalue weighted by molar-refractivity contribution is 6.00. The minimum absolute atomic E-state index is 0.0420. The number of anilines is 1. The van der Waals surface area contributed by atoms with Gasteiger partial charge in [-0.05, 0) is 6.42 Å². The first-order valence-corrected chi connectivity index (χ1v) is 6.20. The van der Waals surface area contributed by atoms with Gasteiger partial charge in [-0.25, -0.2) is 0 Å². The van der Waals surface area contributed by atoms with Crippen molar-refractivity contribution in [2.45, 2.75) is 13.3 Å². The lowest BCUT2D eigenvalue weighted by Crippen LogP contribution is -2.40. The van der Waals surface area contributed by atoms with E-state index in [9.17, 15) is 14.4 Å². The monoisotopic (exact) mass is 298 g/mol. The lowest BCUT2D eigenvalue weighted by atomic mass is 10.2. The van der Waals surface area contributed by atoms with Crippen molar-refractivity contribution < 1.29 is 23.9 Å². The summed E-state index contributed by atoms with van der Waals surface area (Å²) in [5.74, 6) is -1.99. The van der Waals surface area contributed by atoms with Gasteiger partial charge in [-0.2, -0.15) is 5.10 Å². The lowest BCUT2D eigenvalue weighted by molar-refractivity contribution is -0.144. The van der Waals surface area contributed by atoms with Crippen molar-refractivity contribution in [3.63, 3.8) is 0 Å². The van der Waals surface area contributed by atoms with Gasteiger partial charge in [0, 0.05) is 0 Å². The average Bonchev–Trinajstić information content (AvgIpc) is 2.86. The van der Waals surface area contributed by atoms with Gasteiger partial charge >= 0.3 is 11.9 Å². The molecular weight excluding hydrogens is 280 g/mol. The molecule has 0 aliphatic carbocycles. The summed E-state index contributed by atoms with van der Waals surface area (Å²) in [6.45, 7) is 1.04. The molecule has 0 fully saturated rings. The number of nitrogens with two attached hydrogens (primary N) is 1. The maximum absolute atomic E-state index is 12.3. The highest BCUT2D eigenvalue weighted by Crippen LogP contribution is 2.16. The summed E-state index contributed by atoms with van der Waals surface area (Å²) < 4.78 is 8.99. The second-order valence-corrected chi connectivity index (χ2v) is 4.13. The number of esters is 2. The van der Waals surface area contributed by atoms with E-state index in [0.29, 0.717) is 12.1 Å². The number of amides is 1. The van der Waals surface area contributed by atoms with Crippen LogP contribution in [-0.4, -0.2) is 60.3 Å². The number of H-pyrrole nitrogens is 1. The number of carbonyl (C=O) groups excluding carboxylic acids is 3. The van der Waals surface area contributed by atoms with E-state index >= 15 is 0 Å². The third-order valence-electron chi connectivity index (χ3n) is 2.82. The Balaban J connectivity index is 3.00. The van der Waals surface area contributed by atoms with Crippen molar-refractivity contribution in [1.82, 2.24) is 15.1 Å². The van der Waals surface area contributed by atoms with Gasteiger partial charge in [0.2, 0.25) is 0 Å². The van der Waals surface area contributed by atoms with Gasteiger partial charge in [-0.1, -0.05) is 6.92 Å². The maximum Gasteiger partial charge on any atom is 0.325 e. The molecule has 3 N–H and O–H groups in total. The van der Waals surface area contributed by atoms with Crippen LogP contribution in [-0.2, 0) is 25.5 Å². The van der Waals surface area contributed by atoms with Crippen molar-refractivity contribution in [2.24, 2.45) is 0 Å². The molecule has 116 valence electrons. The van der Waals surface area contributed by atoms with Crippen LogP contribution in [0.3, 0.4) is 0 Å². The van der Waals surface area contributed by atoms with Crippen LogP contribution in [0.4, 0.5) is 5.69 Å². The van der Waals surface area contributed by atoms with Crippen LogP contribution in [0.2, 0.25) is 0 Å². The van der Waals surface area contributed by atoms with Crippen LogP contribution in [0.25, 0.3) is 0 Å². The smallest absolute Gasteiger partial charge is 0.325 e. The van der Waals surface area contributed by atoms with E-state index in [-0.39, 0.29) is 11.4 Å². The Hall–Kier alpha value is -2.58. The van der Waals surface area contributed by atoms with E-state index in [0.717, 1.165) is 4.90 Å². The van der Waals surface area contributed by atoms with Gasteiger partial charge < -0.3 is 20.1 Å². The summed E-state index contributed by atoms with van der Waals surface area (Å²) in [5.41, 5.74) is 6.57. The number of nitrogens with one attached hydrogen (secondary N) is 1. The summed E-state index contributed by atoms with van der Waals surface area (Å²) in [6.07, 6.45) is 0.570. The summed E-state index contributed by atoms with van der Waals surface area (Å²) in [4.78, 5) is 36.0. The molecule has 0 saturated carbocycles. The highest BCUT2D eigenvalue weighted by atomic mass is 16.5. The molecule has 1 aromatic rings. The van der Waals surface area contributed by atoms with Gasteiger partial charge in [-0.3, -0.25) is 19.5 Å². The molecule has 1 rings (SSSR count). The van der Waals surface area contributed by atoms with Crippen molar-refractivity contribution >= 4 is 23.5 Å². The van der Waals surface area contributed by atoms with Crippen LogP contribution in [0.15, 0.2) is 0 Å². The van der Waals surface area contributed by atoms with Gasteiger partial charge in [0.1, 0.15) is 13.1 Å². The van der Waals surface area contributed by atoms with Crippen molar-refractivity contribution in [1.29, 1.82) is 0 Å². The molecule has 0 spiro atoms. The molecule has 0 aromatic carbocycles. The summed E-state index contributed by atoms with van der Waals surface area (Å²) in [6, 6.07) is 0. The first kappa shape index (κ1) is 16.5. The van der Waals surface area contributed by atoms with E-state index in [1.165, 1.54) is 14.2 Å². The fourth-order valence-electron chi connectivity index (χ4n) is 1.61. The minimum Gasteiger partial charge on any atom is -0.468 e. The third-order valence-corrected chi connectivity index (χ3v) is 2.82. The van der Waals surface area contributed by atoms with Crippen LogP contribution < -0.4 is 5.73 Å². The Labute approximate surface area is 121 Å². The number of aromatic amines is 1. The number of aryl methyl sites for hydroxylation is 1. The topological polar surface area (TPSA) is 128 Å². The van der Waals surface area contributed by atoms with Gasteiger partial charge in [0.15, 0.2) is 5.69 Å². The number of methoxy groups -OCH3 is 2. The number of rotatable bonds is 6. The molecule has 0 atom stereocenters. The SMILES string of the molecule is CCc1[nH]nc(C(=O)N(CC(=O)OC)CC(=O)OC)c1N. The van der Waals surface area contributed by atoms with Gasteiger partial charge in [0.25, 0.3) is 5.91 Å². The number of hydrogen-bond acceptors (Lipinski definition) is 7. The number of hydrogen-bond donors (Lipinski definition) is 2. The number of nitrogens with zero attached hydrogens (tertiary/aromatic N) is 2. The fraction of sp³-hybridized carbons (Fsp3) is 0.500. The van der Waals surface area contributed by atoms with E-state index in [1.807, 2.05) is 6.92 Å². The number of nitrogen functional groups attached to an aromatic ring is 1. The van der Waals surface area contributed by atoms with Crippen LogP contribution >= 0.6 is 0 Å². The molecule has 0 bridgehead atoms. The molecule has 0 unspecified atom stereocenters. The zero-order valence-electron chi connectivity index (χ0n) is 12.1. The number of ether oxygens (including phenoxy) is 2. The minimum atomic E-state index is -0.669. The van der Waals surface area contributed by atoms with E-state index in [2.05, 4.69) is 19.7 Å². The first-order chi connectivity index (χ1) is 9.94. The van der Waals surface area contributed by atoms with Gasteiger partial charge in [-0.15, -0.1) is 0 Å². The lowest BCUT2D eigenvalue weighted by Gasteiger charge is -2.19. The zero-order chi connectivity index (χ0) is 16.0. The van der Waals surface area contributed by atoms with Crippen LogP contribution in [0, 0.1) is 0 Å². The Morgan fingerprint density at radius 3 is 2.10 bits per heavy atom. The molecule has 0 saturated heterocycles. The third kappa shape index (κ3) is 3.94. The number of aromatic nitrogens is 2. The van der Waals surface area contributed by atoms with Crippen molar-refractivity contribution in [2.75, 3.05) is 33.0 Å². The molecule has 1 heterocycles. The highest BCUT2D eigenvalue weighted by Gasteiger charge is 2.26. The maximum atomic E-state index is 12.3. The quantitative estimate of drug-likeness (QED) is 0.667. The molecule has 0 aliphatic heterocycles. The van der Waals surface area contributed by atoms with Crippen LogP contribution in [0.5, 0.6) is 0 Å². The predicted molar refractivity (Wildman–Crippen MR) is 72.3 cm³/mol. The first-order valence-electron chi connectivity index (χ1n) is 6.20. The Morgan fingerprint density at radius 1 is 1.19 bits per heavy atom. The summed E-state index contributed by atoms with van der Waals surface area (Å²) in [5, 5.41) is 6.47. The molecule has 1 aromatic heterocycles. The molecule has 21 heavy (non-hydrogen) atoms. The molecule has 9 nitrogen and oxygen atoms in total. The standard InChI is InChI=1S/C12H18N4O5/c1-4-7-10(13)11(15-14-7)12(19)16(5-8(17)20-2)6-9(18)21-3/h4-6,13H2,1-3H3,(H,14,15). The normalized spacial score (nSPS) is 10.0. The molecule has 9 heteroatoms. The second kappa shape index (κ2) is 7.27. The molecule has 0 radical (unpaired) electrons. The average molecular weight is 298 g/mol. The summed E-state index contributed by atoms with van der Waals surface area (Å²) in [7, 11) is 2.36. The van der Waals surface area contributed by atoms with E-state index < -0.39 is 30.9 Å². The number of carbonyl (C=O) groups is 3. The Morgan fingerprint density at radius 2 is 1.71 bits per heavy atom. The Kier molecular flexibility index (Phi) is 5.70. The molecule has 1 amide bonds. The second-order valence-electron chi connectivity index (χ2n) is 4.13. The zero-order valence-corrected chi connectivity index (χ0v) is 12.1. The fourth-order valence-corrected chi connectivity index (χ4v) is 1.61. The van der Waals surface area contributed by atoms with Crippen molar-refractivity contribution in [3.8, 4) is 0 Å². The predicted octanol–water partition coefficient (Wildman–Crippen LogP) is -0.657. The van der Waals surface area contributed by atoms with E-state index in [4.69, 9.17) is 5.73 Å². The molecular formula is C12H18N4O5. The van der Waals surface area contributed by atoms with E-state index in [1.54, 1.807) is 0 Å². The van der Waals surface area contributed by atoms with Gasteiger partial charge in [0.05, 0.1) is 25.6 Å².